The summed E-state index contributed by atoms with van der Waals surface area (Å²) in [5.41, 5.74) is 11.0. The maximum Gasteiger partial charge on any atom is 0.338 e. The van der Waals surface area contributed by atoms with Gasteiger partial charge in [-0.2, -0.15) is 0 Å². The number of aliphatic carboxylic acids is 1. The van der Waals surface area contributed by atoms with Crippen LogP contribution in [-0.4, -0.2) is 55.9 Å². The van der Waals surface area contributed by atoms with Gasteiger partial charge in [-0.25, -0.2) is 9.78 Å². The lowest BCUT2D eigenvalue weighted by Gasteiger charge is -2.19. The second kappa shape index (κ2) is 16.6. The largest absolute Gasteiger partial charge is 0.478 e. The van der Waals surface area contributed by atoms with Crippen LogP contribution in [0.3, 0.4) is 0 Å². The highest BCUT2D eigenvalue weighted by Gasteiger charge is 2.35. The molecule has 5 rings (SSSR count). The van der Waals surface area contributed by atoms with Gasteiger partial charge in [0, 0.05) is 70.2 Å². The number of aromatic nitrogens is 4. The Balaban J connectivity index is 1.89. The molecule has 5 N–H and O–H groups in total. The predicted molar refractivity (Wildman–Crippen MR) is 210 cm³/mol. The highest BCUT2D eigenvalue weighted by molar-refractivity contribution is 6.24. The lowest BCUT2D eigenvalue weighted by molar-refractivity contribution is -0.130. The van der Waals surface area contributed by atoms with Crippen molar-refractivity contribution < 1.29 is 19.5 Å². The Morgan fingerprint density at radius 3 is 2.15 bits per heavy atom. The molecule has 0 aliphatic carbocycles. The summed E-state index contributed by atoms with van der Waals surface area (Å²) in [4.78, 5) is 57.2. The monoisotopic (exact) mass is 706 g/mol. The van der Waals surface area contributed by atoms with E-state index in [-0.39, 0.29) is 47.8 Å². The number of amides is 2. The summed E-state index contributed by atoms with van der Waals surface area (Å²) in [5.74, 6) is -1.77. The molecule has 10 nitrogen and oxygen atoms in total. The van der Waals surface area contributed by atoms with Crippen LogP contribution in [0, 0.1) is 13.8 Å². The zero-order chi connectivity index (χ0) is 37.7. The molecule has 3 aromatic heterocycles. The minimum absolute atomic E-state index is 0.0387. The number of rotatable bonds is 14. The van der Waals surface area contributed by atoms with E-state index in [2.05, 4.69) is 74.8 Å². The number of H-pyrrole nitrogens is 2. The average Bonchev–Trinajstić information content (AvgIpc) is 3.79. The number of nitrogens with zero attached hydrogens (tertiary/aromatic N) is 2. The van der Waals surface area contributed by atoms with Gasteiger partial charge in [-0.05, 0) is 86.9 Å². The Kier molecular flexibility index (Phi) is 12.2. The van der Waals surface area contributed by atoms with E-state index in [1.165, 1.54) is 0 Å². The van der Waals surface area contributed by atoms with E-state index in [1.54, 1.807) is 6.92 Å². The fourth-order valence-corrected chi connectivity index (χ4v) is 7.50. The third-order valence-corrected chi connectivity index (χ3v) is 10.7. The Bertz CT molecular complexity index is 2080. The van der Waals surface area contributed by atoms with E-state index in [4.69, 9.17) is 9.97 Å². The van der Waals surface area contributed by atoms with Gasteiger partial charge in [-0.15, -0.1) is 0 Å². The molecular formula is C42H54N6O4. The van der Waals surface area contributed by atoms with Crippen LogP contribution in [0.15, 0.2) is 24.8 Å². The number of carboxylic acid groups (broad SMARTS) is 1. The fraction of sp³-hybridized carbons (Fsp3) is 0.452. The smallest absolute Gasteiger partial charge is 0.338 e. The molecule has 2 atom stereocenters. The number of carbonyl (C=O) groups is 3. The molecule has 276 valence electrons. The van der Waals surface area contributed by atoms with Gasteiger partial charge >= 0.3 is 5.97 Å². The van der Waals surface area contributed by atoms with Crippen molar-refractivity contribution in [2.45, 2.75) is 112 Å². The normalized spacial score (nSPS) is 15.5. The Labute approximate surface area is 306 Å². The summed E-state index contributed by atoms with van der Waals surface area (Å²) in [6.45, 7) is 19.5. The molecule has 2 amide bonds. The van der Waals surface area contributed by atoms with Gasteiger partial charge in [0.2, 0.25) is 11.8 Å². The lowest BCUT2D eigenvalue weighted by Crippen LogP contribution is -2.27. The van der Waals surface area contributed by atoms with Gasteiger partial charge < -0.3 is 25.7 Å². The molecule has 0 spiro atoms. The topological polar surface area (TPSA) is 153 Å². The molecule has 0 fully saturated rings. The zero-order valence-corrected chi connectivity index (χ0v) is 31.8. The fourth-order valence-electron chi connectivity index (χ4n) is 7.50. The first-order valence-corrected chi connectivity index (χ1v) is 18.8. The third kappa shape index (κ3) is 7.76. The first-order valence-electron chi connectivity index (χ1n) is 18.8. The summed E-state index contributed by atoms with van der Waals surface area (Å²) < 4.78 is 0. The van der Waals surface area contributed by atoms with E-state index < -0.39 is 5.97 Å². The van der Waals surface area contributed by atoms with Crippen molar-refractivity contribution in [2.75, 3.05) is 13.1 Å². The van der Waals surface area contributed by atoms with Gasteiger partial charge in [0.1, 0.15) is 0 Å². The third-order valence-electron chi connectivity index (χ3n) is 10.7. The Morgan fingerprint density at radius 1 is 0.865 bits per heavy atom. The summed E-state index contributed by atoms with van der Waals surface area (Å²) >= 11 is 0. The van der Waals surface area contributed by atoms with Gasteiger partial charge in [-0.3, -0.25) is 14.6 Å². The standard InChI is InChI=1S/C42H54N6O4/c1-9-13-17-43-37(49)16-15-29-25(7)33-20-31-23(5)27(11-3)35(45-31)21-32-24(6)28(12-4)36(46-32)22-34-26(8)39(42(51)52)41(48-34)30(40(29)47-33)19-38(50)44-18-14-10-2/h11,20-22,25,29,45-46H,3,9-10,12-19H2,1-2,4-8H3,(H,43,49)(H,44,50)(H,51,52)/t25-,29-/m0/s1. The molecule has 52 heavy (non-hydrogen) atoms. The highest BCUT2D eigenvalue weighted by Crippen LogP contribution is 2.43. The van der Waals surface area contributed by atoms with Crippen molar-refractivity contribution in [3.05, 3.63) is 75.4 Å². The van der Waals surface area contributed by atoms with Gasteiger partial charge in [0.05, 0.1) is 29.1 Å². The van der Waals surface area contributed by atoms with Gasteiger partial charge in [0.15, 0.2) is 0 Å². The second-order valence-corrected chi connectivity index (χ2v) is 14.1. The molecule has 5 heterocycles. The number of allylic oxidation sites excluding steroid dienone is 1. The maximum atomic E-state index is 13.6. The van der Waals surface area contributed by atoms with Crippen molar-refractivity contribution in [3.63, 3.8) is 0 Å². The number of hydrogen-bond donors (Lipinski definition) is 5. The van der Waals surface area contributed by atoms with Crippen LogP contribution in [0.25, 0.3) is 39.3 Å². The number of aromatic amines is 2. The van der Waals surface area contributed by atoms with Crippen molar-refractivity contribution in [2.24, 2.45) is 0 Å². The molecule has 2 aliphatic rings. The zero-order valence-electron chi connectivity index (χ0n) is 31.8. The highest BCUT2D eigenvalue weighted by atomic mass is 16.4. The summed E-state index contributed by atoms with van der Waals surface area (Å²) in [5, 5.41) is 16.7. The summed E-state index contributed by atoms with van der Waals surface area (Å²) in [6, 6.07) is 6.06. The van der Waals surface area contributed by atoms with Gasteiger partial charge in [-0.1, -0.05) is 53.2 Å². The van der Waals surface area contributed by atoms with E-state index in [0.29, 0.717) is 42.0 Å². The number of carboxylic acids is 1. The van der Waals surface area contributed by atoms with Crippen molar-refractivity contribution in [3.8, 4) is 0 Å². The van der Waals surface area contributed by atoms with E-state index in [9.17, 15) is 19.5 Å². The SMILES string of the molecule is C=Cc1c(C)c2cc3nc(c(CC(=O)NCCCC)c4nc(cc5[nH]c(cc1[nH]2)c(C)c5CC)C(C)=C4C(=O)O)[C@@H](CCC(=O)NCCCC)[C@@H]3C. The molecule has 10 heteroatoms. The summed E-state index contributed by atoms with van der Waals surface area (Å²) in [7, 11) is 0. The molecule has 3 aromatic rings. The lowest BCUT2D eigenvalue weighted by atomic mass is 9.84. The summed E-state index contributed by atoms with van der Waals surface area (Å²) in [6.07, 6.45) is 6.91. The number of carbonyl (C=O) groups excluding carboxylic acids is 2. The number of nitrogens with one attached hydrogen (secondary N) is 4. The Morgan fingerprint density at radius 2 is 1.52 bits per heavy atom. The van der Waals surface area contributed by atoms with Crippen LogP contribution in [-0.2, 0) is 27.2 Å². The molecule has 0 unspecified atom stereocenters. The molecule has 8 bridgehead atoms. The molecule has 0 saturated carbocycles. The van der Waals surface area contributed by atoms with E-state index in [0.717, 1.165) is 82.1 Å². The van der Waals surface area contributed by atoms with Crippen LogP contribution in [0.2, 0.25) is 0 Å². The first-order chi connectivity index (χ1) is 24.9. The number of hydrogen-bond acceptors (Lipinski definition) is 5. The predicted octanol–water partition coefficient (Wildman–Crippen LogP) is 8.19. The Hall–Kier alpha value is -4.99. The quantitative estimate of drug-likeness (QED) is 0.107. The van der Waals surface area contributed by atoms with Crippen LogP contribution in [0.1, 0.15) is 136 Å². The van der Waals surface area contributed by atoms with Crippen molar-refractivity contribution in [1.29, 1.82) is 0 Å². The molecule has 0 radical (unpaired) electrons. The van der Waals surface area contributed by atoms with Crippen LogP contribution in [0.5, 0.6) is 0 Å². The van der Waals surface area contributed by atoms with Crippen LogP contribution < -0.4 is 10.6 Å². The molecule has 0 saturated heterocycles. The van der Waals surface area contributed by atoms with E-state index in [1.807, 2.05) is 18.2 Å². The van der Waals surface area contributed by atoms with Gasteiger partial charge in [0.25, 0.3) is 0 Å². The molecular weight excluding hydrogens is 652 g/mol. The number of fused-ring (bicyclic) bond motifs is 8. The van der Waals surface area contributed by atoms with Crippen molar-refractivity contribution in [1.82, 2.24) is 30.6 Å². The minimum atomic E-state index is -1.12. The van der Waals surface area contributed by atoms with Crippen LogP contribution in [0.4, 0.5) is 0 Å². The van der Waals surface area contributed by atoms with Crippen molar-refractivity contribution >= 4 is 57.1 Å². The second-order valence-electron chi connectivity index (χ2n) is 14.1. The first kappa shape index (κ1) is 38.2. The maximum absolute atomic E-state index is 13.6. The number of unbranched alkanes of at least 4 members (excludes halogenated alkanes) is 2. The number of aryl methyl sites for hydroxylation is 3. The molecule has 0 aromatic carbocycles. The van der Waals surface area contributed by atoms with E-state index >= 15 is 0 Å². The average molecular weight is 707 g/mol. The minimum Gasteiger partial charge on any atom is -0.478 e. The molecule has 2 aliphatic heterocycles. The van der Waals surface area contributed by atoms with Crippen LogP contribution >= 0.6 is 0 Å².